The first-order valence-corrected chi connectivity index (χ1v) is 11.7. The highest BCUT2D eigenvalue weighted by Gasteiger charge is 2.33. The van der Waals surface area contributed by atoms with E-state index in [0.29, 0.717) is 17.9 Å². The van der Waals surface area contributed by atoms with Crippen LogP contribution >= 0.6 is 0 Å². The molecule has 1 saturated heterocycles. The zero-order valence-electron chi connectivity index (χ0n) is 18.0. The van der Waals surface area contributed by atoms with E-state index < -0.39 is 0 Å². The maximum Gasteiger partial charge on any atom is 0.243 e. The summed E-state index contributed by atoms with van der Waals surface area (Å²) in [6, 6.07) is 9.13. The number of benzene rings is 1. The summed E-state index contributed by atoms with van der Waals surface area (Å²) in [5, 5.41) is 3.33. The highest BCUT2D eigenvalue weighted by atomic mass is 16.2. The predicted octanol–water partition coefficient (Wildman–Crippen LogP) is 3.55. The fraction of sp³-hybridized carbons (Fsp3) is 0.640. The summed E-state index contributed by atoms with van der Waals surface area (Å²) in [6.45, 7) is 7.50. The first kappa shape index (κ1) is 20.6. The molecule has 1 atom stereocenters. The van der Waals surface area contributed by atoms with Gasteiger partial charge < -0.3 is 9.80 Å². The van der Waals surface area contributed by atoms with Gasteiger partial charge in [0.2, 0.25) is 5.91 Å². The lowest BCUT2D eigenvalue weighted by Gasteiger charge is -2.38. The van der Waals surface area contributed by atoms with Crippen LogP contribution in [0.2, 0.25) is 0 Å². The highest BCUT2D eigenvalue weighted by molar-refractivity contribution is 5.84. The van der Waals surface area contributed by atoms with Gasteiger partial charge in [-0.1, -0.05) is 49.3 Å². The fourth-order valence-electron chi connectivity index (χ4n) is 5.29. The molecule has 0 radical (unpaired) electrons. The Hall–Kier alpha value is -1.65. The minimum Gasteiger partial charge on any atom is -0.338 e. The van der Waals surface area contributed by atoms with Crippen LogP contribution in [0.5, 0.6) is 0 Å². The standard InChI is InChI=1S/C25H37N3O/c1-20-7-2-3-8-22(20)14-18-27-16-12-21(13-17-27)19-28(23-9-4-5-10-23)25(29)24-11-6-15-26-24/h2-3,6-8,11,21,23-24,26H,4-5,9-10,12-19H2,1H3. The molecule has 1 saturated carbocycles. The van der Waals surface area contributed by atoms with Crippen LogP contribution in [0.25, 0.3) is 0 Å². The first-order chi connectivity index (χ1) is 14.2. The number of aryl methyl sites for hydroxylation is 1. The monoisotopic (exact) mass is 395 g/mol. The van der Waals surface area contributed by atoms with E-state index in [1.807, 2.05) is 0 Å². The van der Waals surface area contributed by atoms with E-state index in [0.717, 1.165) is 26.1 Å². The van der Waals surface area contributed by atoms with Gasteiger partial charge in [-0.2, -0.15) is 0 Å². The zero-order chi connectivity index (χ0) is 20.1. The summed E-state index contributed by atoms with van der Waals surface area (Å²) in [6.07, 6.45) is 12.7. The van der Waals surface area contributed by atoms with Gasteiger partial charge in [0, 0.05) is 25.7 Å². The minimum absolute atomic E-state index is 0.0928. The summed E-state index contributed by atoms with van der Waals surface area (Å²) in [5.41, 5.74) is 2.88. The molecule has 1 amide bonds. The van der Waals surface area contributed by atoms with Crippen LogP contribution in [-0.2, 0) is 11.2 Å². The van der Waals surface area contributed by atoms with Gasteiger partial charge in [-0.25, -0.2) is 0 Å². The minimum atomic E-state index is -0.0928. The Bertz CT molecular complexity index is 702. The van der Waals surface area contributed by atoms with Crippen molar-refractivity contribution in [3.63, 3.8) is 0 Å². The van der Waals surface area contributed by atoms with E-state index in [-0.39, 0.29) is 6.04 Å². The maximum absolute atomic E-state index is 13.2. The lowest BCUT2D eigenvalue weighted by atomic mass is 9.94. The third-order valence-electron chi connectivity index (χ3n) is 7.22. The molecule has 2 aliphatic heterocycles. The Morgan fingerprint density at radius 3 is 2.59 bits per heavy atom. The van der Waals surface area contributed by atoms with Crippen molar-refractivity contribution in [2.75, 3.05) is 32.7 Å². The van der Waals surface area contributed by atoms with Gasteiger partial charge in [-0.05, 0) is 69.2 Å². The molecule has 1 aromatic rings. The van der Waals surface area contributed by atoms with Crippen molar-refractivity contribution in [2.45, 2.75) is 64.0 Å². The Labute approximate surface area is 176 Å². The van der Waals surface area contributed by atoms with Crippen LogP contribution < -0.4 is 5.32 Å². The molecule has 29 heavy (non-hydrogen) atoms. The van der Waals surface area contributed by atoms with Gasteiger partial charge in [0.15, 0.2) is 0 Å². The maximum atomic E-state index is 13.2. The van der Waals surface area contributed by atoms with Crippen LogP contribution in [0.4, 0.5) is 0 Å². The number of nitrogens with one attached hydrogen (secondary N) is 1. The fourth-order valence-corrected chi connectivity index (χ4v) is 5.29. The van der Waals surface area contributed by atoms with Gasteiger partial charge in [-0.3, -0.25) is 10.1 Å². The summed E-state index contributed by atoms with van der Waals surface area (Å²) in [5.74, 6) is 0.965. The van der Waals surface area contributed by atoms with E-state index >= 15 is 0 Å². The van der Waals surface area contributed by atoms with Crippen molar-refractivity contribution in [3.05, 3.63) is 47.5 Å². The number of hydrogen-bond donors (Lipinski definition) is 1. The third-order valence-corrected chi connectivity index (χ3v) is 7.22. The van der Waals surface area contributed by atoms with Crippen LogP contribution in [0.1, 0.15) is 49.7 Å². The second-order valence-corrected chi connectivity index (χ2v) is 9.20. The van der Waals surface area contributed by atoms with Crippen LogP contribution in [0.3, 0.4) is 0 Å². The summed E-state index contributed by atoms with van der Waals surface area (Å²) >= 11 is 0. The molecular formula is C25H37N3O. The van der Waals surface area contributed by atoms with Crippen molar-refractivity contribution in [3.8, 4) is 0 Å². The molecule has 1 unspecified atom stereocenters. The SMILES string of the molecule is Cc1ccccc1CCN1CCC(CN(C(=O)C2C=CCN2)C2CCCC2)CC1. The average Bonchev–Trinajstić information content (AvgIpc) is 3.46. The number of carbonyl (C=O) groups is 1. The Morgan fingerprint density at radius 2 is 1.90 bits per heavy atom. The molecule has 2 heterocycles. The highest BCUT2D eigenvalue weighted by Crippen LogP contribution is 2.28. The Balaban J connectivity index is 1.28. The molecule has 4 rings (SSSR count). The normalized spacial score (nSPS) is 23.7. The number of likely N-dealkylation sites (tertiary alicyclic amines) is 1. The quantitative estimate of drug-likeness (QED) is 0.717. The smallest absolute Gasteiger partial charge is 0.243 e. The summed E-state index contributed by atoms with van der Waals surface area (Å²) < 4.78 is 0. The van der Waals surface area contributed by atoms with Crippen molar-refractivity contribution < 1.29 is 4.79 Å². The van der Waals surface area contributed by atoms with Gasteiger partial charge in [-0.15, -0.1) is 0 Å². The Morgan fingerprint density at radius 1 is 1.14 bits per heavy atom. The molecule has 158 valence electrons. The van der Waals surface area contributed by atoms with E-state index in [1.165, 1.54) is 62.7 Å². The number of carbonyl (C=O) groups excluding carboxylic acids is 1. The van der Waals surface area contributed by atoms with Crippen LogP contribution in [0, 0.1) is 12.8 Å². The largest absolute Gasteiger partial charge is 0.338 e. The topological polar surface area (TPSA) is 35.6 Å². The van der Waals surface area contributed by atoms with Gasteiger partial charge in [0.05, 0.1) is 0 Å². The zero-order valence-corrected chi connectivity index (χ0v) is 18.0. The van der Waals surface area contributed by atoms with E-state index in [4.69, 9.17) is 0 Å². The second kappa shape index (κ2) is 9.90. The van der Waals surface area contributed by atoms with Gasteiger partial charge in [0.25, 0.3) is 0 Å². The van der Waals surface area contributed by atoms with Gasteiger partial charge >= 0.3 is 0 Å². The Kier molecular flexibility index (Phi) is 7.04. The molecule has 4 nitrogen and oxygen atoms in total. The molecule has 1 aliphatic carbocycles. The first-order valence-electron chi connectivity index (χ1n) is 11.7. The van der Waals surface area contributed by atoms with Crippen molar-refractivity contribution >= 4 is 5.91 Å². The van der Waals surface area contributed by atoms with Gasteiger partial charge in [0.1, 0.15) is 6.04 Å². The van der Waals surface area contributed by atoms with Crippen molar-refractivity contribution in [1.82, 2.24) is 15.1 Å². The third kappa shape index (κ3) is 5.29. The average molecular weight is 396 g/mol. The second-order valence-electron chi connectivity index (χ2n) is 9.20. The van der Waals surface area contributed by atoms with E-state index in [2.05, 4.69) is 58.5 Å². The molecule has 2 fully saturated rings. The van der Waals surface area contributed by atoms with Crippen LogP contribution in [0.15, 0.2) is 36.4 Å². The molecule has 0 spiro atoms. The van der Waals surface area contributed by atoms with Crippen molar-refractivity contribution in [2.24, 2.45) is 5.92 Å². The number of hydrogen-bond acceptors (Lipinski definition) is 3. The van der Waals surface area contributed by atoms with Crippen molar-refractivity contribution in [1.29, 1.82) is 0 Å². The molecule has 0 aromatic heterocycles. The summed E-state index contributed by atoms with van der Waals surface area (Å²) in [4.78, 5) is 18.0. The number of amides is 1. The van der Waals surface area contributed by atoms with E-state index in [9.17, 15) is 4.79 Å². The molecular weight excluding hydrogens is 358 g/mol. The molecule has 3 aliphatic rings. The van der Waals surface area contributed by atoms with Crippen LogP contribution in [-0.4, -0.2) is 60.5 Å². The van der Waals surface area contributed by atoms with E-state index in [1.54, 1.807) is 0 Å². The molecule has 1 N–H and O–H groups in total. The lowest BCUT2D eigenvalue weighted by Crippen LogP contribution is -2.50. The molecule has 1 aromatic carbocycles. The molecule has 0 bridgehead atoms. The number of rotatable bonds is 7. The number of piperidine rings is 1. The molecule has 4 heteroatoms. The summed E-state index contributed by atoms with van der Waals surface area (Å²) in [7, 11) is 0. The predicted molar refractivity (Wildman–Crippen MR) is 119 cm³/mol. The lowest BCUT2D eigenvalue weighted by molar-refractivity contribution is -0.135. The number of nitrogens with zero attached hydrogens (tertiary/aromatic N) is 2.